The molecule has 1 unspecified atom stereocenters. The summed E-state index contributed by atoms with van der Waals surface area (Å²) in [6, 6.07) is 2.59. The lowest BCUT2D eigenvalue weighted by atomic mass is 9.98. The molecule has 1 atom stereocenters. The standard InChI is InChI=1S/C13H18N2O/c1-15-6-7-16-9-13(15)11-4-5-14-8-12(11)10-2-3-10/h4-5,8,10,13H,2-3,6-7,9H2,1H3. The summed E-state index contributed by atoms with van der Waals surface area (Å²) in [5, 5.41) is 0. The summed E-state index contributed by atoms with van der Waals surface area (Å²) < 4.78 is 5.60. The molecule has 1 saturated carbocycles. The van der Waals surface area contributed by atoms with Crippen molar-refractivity contribution in [2.75, 3.05) is 26.8 Å². The number of rotatable bonds is 2. The molecule has 0 amide bonds. The largest absolute Gasteiger partial charge is 0.378 e. The second kappa shape index (κ2) is 4.15. The van der Waals surface area contributed by atoms with E-state index < -0.39 is 0 Å². The number of morpholine rings is 1. The van der Waals surface area contributed by atoms with Crippen LogP contribution in [0.4, 0.5) is 0 Å². The molecule has 0 bridgehead atoms. The van der Waals surface area contributed by atoms with Gasteiger partial charge in [-0.2, -0.15) is 0 Å². The van der Waals surface area contributed by atoms with Crippen LogP contribution in [0.15, 0.2) is 18.5 Å². The van der Waals surface area contributed by atoms with E-state index in [-0.39, 0.29) is 0 Å². The average Bonchev–Trinajstić information content (AvgIpc) is 3.14. The monoisotopic (exact) mass is 218 g/mol. The van der Waals surface area contributed by atoms with Gasteiger partial charge in [0.2, 0.25) is 0 Å². The second-order valence-electron chi connectivity index (χ2n) is 4.85. The van der Waals surface area contributed by atoms with Crippen LogP contribution in [0.1, 0.15) is 35.9 Å². The highest BCUT2D eigenvalue weighted by Gasteiger charge is 2.30. The number of ether oxygens (including phenoxy) is 1. The van der Waals surface area contributed by atoms with E-state index in [1.807, 2.05) is 6.20 Å². The van der Waals surface area contributed by atoms with Crippen LogP contribution in [0.2, 0.25) is 0 Å². The molecule has 86 valence electrons. The zero-order chi connectivity index (χ0) is 11.0. The van der Waals surface area contributed by atoms with Gasteiger partial charge < -0.3 is 4.74 Å². The molecule has 1 aliphatic heterocycles. The third-order valence-electron chi connectivity index (χ3n) is 3.66. The summed E-state index contributed by atoms with van der Waals surface area (Å²) in [4.78, 5) is 6.66. The van der Waals surface area contributed by atoms with Gasteiger partial charge in [-0.3, -0.25) is 9.88 Å². The second-order valence-corrected chi connectivity index (χ2v) is 4.85. The Kier molecular flexibility index (Phi) is 2.65. The van der Waals surface area contributed by atoms with Crippen LogP contribution in [0.5, 0.6) is 0 Å². The van der Waals surface area contributed by atoms with Gasteiger partial charge in [0, 0.05) is 18.9 Å². The third kappa shape index (κ3) is 1.85. The van der Waals surface area contributed by atoms with Crippen molar-refractivity contribution in [1.82, 2.24) is 9.88 Å². The summed E-state index contributed by atoms with van der Waals surface area (Å²) >= 11 is 0. The number of hydrogen-bond donors (Lipinski definition) is 0. The molecule has 3 rings (SSSR count). The molecule has 1 aliphatic carbocycles. The van der Waals surface area contributed by atoms with Crippen molar-refractivity contribution >= 4 is 0 Å². The van der Waals surface area contributed by atoms with Gasteiger partial charge >= 0.3 is 0 Å². The molecule has 0 N–H and O–H groups in total. The number of aromatic nitrogens is 1. The first kappa shape index (κ1) is 10.2. The van der Waals surface area contributed by atoms with Gasteiger partial charge in [0.1, 0.15) is 0 Å². The van der Waals surface area contributed by atoms with Crippen LogP contribution in [0, 0.1) is 0 Å². The Morgan fingerprint density at radius 1 is 1.38 bits per heavy atom. The van der Waals surface area contributed by atoms with Crippen LogP contribution in [-0.2, 0) is 4.74 Å². The molecular formula is C13H18N2O. The Bertz CT molecular complexity index is 376. The maximum Gasteiger partial charge on any atom is 0.0664 e. The topological polar surface area (TPSA) is 25.4 Å². The van der Waals surface area contributed by atoms with Crippen molar-refractivity contribution in [1.29, 1.82) is 0 Å². The Morgan fingerprint density at radius 3 is 3.00 bits per heavy atom. The first-order chi connectivity index (χ1) is 7.86. The van der Waals surface area contributed by atoms with E-state index in [9.17, 15) is 0 Å². The van der Waals surface area contributed by atoms with Gasteiger partial charge in [0.15, 0.2) is 0 Å². The summed E-state index contributed by atoms with van der Waals surface area (Å²) in [5.41, 5.74) is 2.88. The number of hydrogen-bond acceptors (Lipinski definition) is 3. The number of pyridine rings is 1. The lowest BCUT2D eigenvalue weighted by molar-refractivity contribution is 0.00471. The van der Waals surface area contributed by atoms with Crippen LogP contribution < -0.4 is 0 Å². The van der Waals surface area contributed by atoms with Crippen LogP contribution in [-0.4, -0.2) is 36.7 Å². The van der Waals surface area contributed by atoms with Crippen LogP contribution in [0.25, 0.3) is 0 Å². The third-order valence-corrected chi connectivity index (χ3v) is 3.66. The smallest absolute Gasteiger partial charge is 0.0664 e. The van der Waals surface area contributed by atoms with E-state index in [0.29, 0.717) is 6.04 Å². The first-order valence-corrected chi connectivity index (χ1v) is 6.08. The molecule has 3 heteroatoms. The molecule has 2 fully saturated rings. The minimum absolute atomic E-state index is 0.423. The highest BCUT2D eigenvalue weighted by atomic mass is 16.5. The van der Waals surface area contributed by atoms with E-state index >= 15 is 0 Å². The van der Waals surface area contributed by atoms with Gasteiger partial charge in [-0.1, -0.05) is 0 Å². The summed E-state index contributed by atoms with van der Waals surface area (Å²) in [6.45, 7) is 2.70. The van der Waals surface area contributed by atoms with Crippen LogP contribution in [0.3, 0.4) is 0 Å². The minimum atomic E-state index is 0.423. The average molecular weight is 218 g/mol. The zero-order valence-electron chi connectivity index (χ0n) is 9.72. The predicted molar refractivity (Wildman–Crippen MR) is 62.4 cm³/mol. The Labute approximate surface area is 96.4 Å². The van der Waals surface area contributed by atoms with Crippen molar-refractivity contribution < 1.29 is 4.74 Å². The van der Waals surface area contributed by atoms with Crippen molar-refractivity contribution in [2.24, 2.45) is 0 Å². The maximum atomic E-state index is 5.60. The van der Waals surface area contributed by atoms with Gasteiger partial charge in [-0.05, 0) is 43.0 Å². The zero-order valence-corrected chi connectivity index (χ0v) is 9.72. The van der Waals surface area contributed by atoms with Crippen molar-refractivity contribution in [3.8, 4) is 0 Å². The molecule has 16 heavy (non-hydrogen) atoms. The quantitative estimate of drug-likeness (QED) is 0.758. The molecule has 2 heterocycles. The van der Waals surface area contributed by atoms with Crippen molar-refractivity contribution in [3.63, 3.8) is 0 Å². The van der Waals surface area contributed by atoms with Gasteiger partial charge in [0.25, 0.3) is 0 Å². The fourth-order valence-electron chi connectivity index (χ4n) is 2.47. The van der Waals surface area contributed by atoms with E-state index in [4.69, 9.17) is 4.74 Å². The Hall–Kier alpha value is -0.930. The molecular weight excluding hydrogens is 200 g/mol. The Balaban J connectivity index is 1.91. The Morgan fingerprint density at radius 2 is 2.25 bits per heavy atom. The number of nitrogens with zero attached hydrogens (tertiary/aromatic N) is 2. The SMILES string of the molecule is CN1CCOCC1c1ccncc1C1CC1. The summed E-state index contributed by atoms with van der Waals surface area (Å²) in [7, 11) is 2.18. The fraction of sp³-hybridized carbons (Fsp3) is 0.615. The highest BCUT2D eigenvalue weighted by molar-refractivity contribution is 5.33. The van der Waals surface area contributed by atoms with Crippen molar-refractivity contribution in [3.05, 3.63) is 29.6 Å². The van der Waals surface area contributed by atoms with E-state index in [1.165, 1.54) is 24.0 Å². The summed E-state index contributed by atoms with van der Waals surface area (Å²) in [6.07, 6.45) is 6.62. The molecule has 1 aromatic heterocycles. The minimum Gasteiger partial charge on any atom is -0.378 e. The van der Waals surface area contributed by atoms with Gasteiger partial charge in [0.05, 0.1) is 19.3 Å². The lowest BCUT2D eigenvalue weighted by Gasteiger charge is -2.33. The van der Waals surface area contributed by atoms with Crippen LogP contribution >= 0.6 is 0 Å². The molecule has 0 spiro atoms. The number of likely N-dealkylation sites (N-methyl/N-ethyl adjacent to an activating group) is 1. The highest BCUT2D eigenvalue weighted by Crippen LogP contribution is 2.43. The normalized spacial score (nSPS) is 26.9. The molecule has 3 nitrogen and oxygen atoms in total. The van der Waals surface area contributed by atoms with Crippen molar-refractivity contribution in [2.45, 2.75) is 24.8 Å². The predicted octanol–water partition coefficient (Wildman–Crippen LogP) is 1.96. The van der Waals surface area contributed by atoms with E-state index in [0.717, 1.165) is 25.7 Å². The van der Waals surface area contributed by atoms with Gasteiger partial charge in [-0.15, -0.1) is 0 Å². The summed E-state index contributed by atoms with van der Waals surface area (Å²) in [5.74, 6) is 0.763. The van der Waals surface area contributed by atoms with E-state index in [1.54, 1.807) is 0 Å². The van der Waals surface area contributed by atoms with E-state index in [2.05, 4.69) is 29.2 Å². The molecule has 0 radical (unpaired) electrons. The molecule has 0 aromatic carbocycles. The fourth-order valence-corrected chi connectivity index (χ4v) is 2.47. The van der Waals surface area contributed by atoms with Gasteiger partial charge in [-0.25, -0.2) is 0 Å². The maximum absolute atomic E-state index is 5.60. The first-order valence-electron chi connectivity index (χ1n) is 6.08. The lowest BCUT2D eigenvalue weighted by Crippen LogP contribution is -2.37. The molecule has 2 aliphatic rings. The molecule has 1 aromatic rings. The molecule has 1 saturated heterocycles.